The highest BCUT2D eigenvalue weighted by molar-refractivity contribution is 6.32. The SMILES string of the molecule is Cc1nn2c3ccccc3n(C)c2c1C(=O)/C=C/c1ccccc1Cl. The molecule has 0 amide bonds. The number of carbonyl (C=O) groups is 1. The largest absolute Gasteiger partial charge is 0.327 e. The molecule has 124 valence electrons. The first-order chi connectivity index (χ1) is 12.1. The van der Waals surface area contributed by atoms with Crippen LogP contribution in [0.25, 0.3) is 22.8 Å². The molecule has 2 aromatic heterocycles. The zero-order chi connectivity index (χ0) is 17.6. The summed E-state index contributed by atoms with van der Waals surface area (Å²) in [4.78, 5) is 12.9. The number of rotatable bonds is 3. The van der Waals surface area contributed by atoms with Crippen LogP contribution in [-0.2, 0) is 7.05 Å². The maximum absolute atomic E-state index is 12.9. The standard InChI is InChI=1S/C20H16ClN3O/c1-13-19(18(25)12-11-14-7-3-4-8-15(14)21)20-23(2)16-9-5-6-10-17(16)24(20)22-13/h3-12H,1-2H3/b12-11+. The Labute approximate surface area is 149 Å². The molecule has 0 atom stereocenters. The molecule has 4 rings (SSSR count). The van der Waals surface area contributed by atoms with Gasteiger partial charge in [0.15, 0.2) is 5.78 Å². The summed E-state index contributed by atoms with van der Waals surface area (Å²) in [5, 5.41) is 5.19. The Kier molecular flexibility index (Phi) is 3.70. The van der Waals surface area contributed by atoms with Crippen molar-refractivity contribution >= 4 is 40.1 Å². The molecule has 5 heteroatoms. The van der Waals surface area contributed by atoms with Crippen molar-refractivity contribution in [1.82, 2.24) is 14.2 Å². The minimum absolute atomic E-state index is 0.0849. The smallest absolute Gasteiger partial charge is 0.191 e. The number of ketones is 1. The minimum atomic E-state index is -0.0849. The van der Waals surface area contributed by atoms with Gasteiger partial charge in [0.1, 0.15) is 5.65 Å². The first-order valence-corrected chi connectivity index (χ1v) is 8.35. The second-order valence-corrected chi connectivity index (χ2v) is 6.37. The number of fused-ring (bicyclic) bond motifs is 3. The fraction of sp³-hybridized carbons (Fsp3) is 0.100. The molecule has 0 saturated carbocycles. The van der Waals surface area contributed by atoms with E-state index in [0.717, 1.165) is 22.2 Å². The molecule has 4 nitrogen and oxygen atoms in total. The van der Waals surface area contributed by atoms with Crippen LogP contribution in [0.5, 0.6) is 0 Å². The van der Waals surface area contributed by atoms with E-state index in [0.29, 0.717) is 16.3 Å². The van der Waals surface area contributed by atoms with Gasteiger partial charge in [0.2, 0.25) is 0 Å². The van der Waals surface area contributed by atoms with Crippen molar-refractivity contribution in [2.75, 3.05) is 0 Å². The van der Waals surface area contributed by atoms with E-state index in [-0.39, 0.29) is 5.78 Å². The van der Waals surface area contributed by atoms with E-state index >= 15 is 0 Å². The Morgan fingerprint density at radius 3 is 2.52 bits per heavy atom. The lowest BCUT2D eigenvalue weighted by atomic mass is 10.1. The molecule has 0 unspecified atom stereocenters. The van der Waals surface area contributed by atoms with Gasteiger partial charge in [0.05, 0.1) is 22.3 Å². The number of halogens is 1. The number of imidazole rings is 1. The third-order valence-electron chi connectivity index (χ3n) is 4.39. The molecule has 0 aliphatic carbocycles. The van der Waals surface area contributed by atoms with E-state index in [2.05, 4.69) is 5.10 Å². The lowest BCUT2D eigenvalue weighted by Crippen LogP contribution is -1.99. The van der Waals surface area contributed by atoms with Gasteiger partial charge in [-0.05, 0) is 42.8 Å². The highest BCUT2D eigenvalue weighted by Gasteiger charge is 2.20. The topological polar surface area (TPSA) is 39.3 Å². The lowest BCUT2D eigenvalue weighted by molar-refractivity contribution is 0.104. The van der Waals surface area contributed by atoms with E-state index in [1.807, 2.05) is 65.5 Å². The Morgan fingerprint density at radius 2 is 1.76 bits per heavy atom. The highest BCUT2D eigenvalue weighted by Crippen LogP contribution is 2.25. The van der Waals surface area contributed by atoms with Crippen LogP contribution in [0.1, 0.15) is 21.6 Å². The van der Waals surface area contributed by atoms with Gasteiger partial charge in [0.25, 0.3) is 0 Å². The second kappa shape index (κ2) is 5.90. The van der Waals surface area contributed by atoms with Crippen molar-refractivity contribution in [3.8, 4) is 0 Å². The molecule has 0 saturated heterocycles. The summed E-state index contributed by atoms with van der Waals surface area (Å²) in [6, 6.07) is 15.4. The maximum Gasteiger partial charge on any atom is 0.191 e. The van der Waals surface area contributed by atoms with Gasteiger partial charge in [-0.25, -0.2) is 4.52 Å². The zero-order valence-corrected chi connectivity index (χ0v) is 14.7. The van der Waals surface area contributed by atoms with Crippen LogP contribution in [-0.4, -0.2) is 20.0 Å². The van der Waals surface area contributed by atoms with Crippen LogP contribution < -0.4 is 0 Å². The van der Waals surface area contributed by atoms with Gasteiger partial charge >= 0.3 is 0 Å². The first kappa shape index (κ1) is 15.7. The summed E-state index contributed by atoms with van der Waals surface area (Å²) < 4.78 is 3.84. The molecule has 0 radical (unpaired) electrons. The van der Waals surface area contributed by atoms with E-state index in [1.54, 1.807) is 18.2 Å². The van der Waals surface area contributed by atoms with Crippen molar-refractivity contribution in [2.45, 2.75) is 6.92 Å². The van der Waals surface area contributed by atoms with Crippen LogP contribution in [0.2, 0.25) is 5.02 Å². The normalized spacial score (nSPS) is 11.8. The van der Waals surface area contributed by atoms with Crippen molar-refractivity contribution in [3.05, 3.63) is 76.5 Å². The van der Waals surface area contributed by atoms with Gasteiger partial charge in [0, 0.05) is 12.1 Å². The second-order valence-electron chi connectivity index (χ2n) is 5.96. The number of nitrogens with zero attached hydrogens (tertiary/aromatic N) is 3. The molecule has 0 bridgehead atoms. The molecular formula is C20H16ClN3O. The number of aryl methyl sites for hydroxylation is 2. The molecule has 0 aliphatic heterocycles. The average molecular weight is 350 g/mol. The summed E-state index contributed by atoms with van der Waals surface area (Å²) in [5.41, 5.74) is 4.96. The Balaban J connectivity index is 1.85. The summed E-state index contributed by atoms with van der Waals surface area (Å²) in [6.07, 6.45) is 3.30. The number of hydrogen-bond acceptors (Lipinski definition) is 2. The van der Waals surface area contributed by atoms with Crippen molar-refractivity contribution < 1.29 is 4.79 Å². The van der Waals surface area contributed by atoms with Gasteiger partial charge in [-0.15, -0.1) is 0 Å². The van der Waals surface area contributed by atoms with Gasteiger partial charge < -0.3 is 4.57 Å². The quantitative estimate of drug-likeness (QED) is 0.398. The Bertz CT molecular complexity index is 1150. The molecule has 2 heterocycles. The van der Waals surface area contributed by atoms with Gasteiger partial charge in [-0.2, -0.15) is 5.10 Å². The summed E-state index contributed by atoms with van der Waals surface area (Å²) >= 11 is 6.15. The summed E-state index contributed by atoms with van der Waals surface area (Å²) in [6.45, 7) is 1.86. The summed E-state index contributed by atoms with van der Waals surface area (Å²) in [7, 11) is 1.95. The third-order valence-corrected chi connectivity index (χ3v) is 4.74. The molecule has 0 fully saturated rings. The molecule has 4 aromatic rings. The zero-order valence-electron chi connectivity index (χ0n) is 13.9. The number of allylic oxidation sites excluding steroid dienone is 1. The Morgan fingerprint density at radius 1 is 1.08 bits per heavy atom. The predicted octanol–water partition coefficient (Wildman–Crippen LogP) is 4.68. The van der Waals surface area contributed by atoms with E-state index in [1.165, 1.54) is 0 Å². The van der Waals surface area contributed by atoms with Crippen molar-refractivity contribution in [3.63, 3.8) is 0 Å². The Hall–Kier alpha value is -2.85. The third kappa shape index (κ3) is 2.46. The maximum atomic E-state index is 12.9. The average Bonchev–Trinajstić information content (AvgIpc) is 3.09. The highest BCUT2D eigenvalue weighted by atomic mass is 35.5. The van der Waals surface area contributed by atoms with Crippen molar-refractivity contribution in [1.29, 1.82) is 0 Å². The fourth-order valence-corrected chi connectivity index (χ4v) is 3.38. The predicted molar refractivity (Wildman–Crippen MR) is 101 cm³/mol. The molecule has 2 aromatic carbocycles. The van der Waals surface area contributed by atoms with E-state index in [9.17, 15) is 4.79 Å². The molecule has 25 heavy (non-hydrogen) atoms. The molecule has 0 spiro atoms. The number of para-hydroxylation sites is 2. The van der Waals surface area contributed by atoms with Gasteiger partial charge in [-0.1, -0.05) is 41.9 Å². The number of hydrogen-bond donors (Lipinski definition) is 0. The van der Waals surface area contributed by atoms with Crippen LogP contribution >= 0.6 is 11.6 Å². The van der Waals surface area contributed by atoms with Crippen LogP contribution in [0.15, 0.2) is 54.6 Å². The number of benzene rings is 2. The monoisotopic (exact) mass is 349 g/mol. The first-order valence-electron chi connectivity index (χ1n) is 7.97. The van der Waals surface area contributed by atoms with E-state index in [4.69, 9.17) is 11.6 Å². The fourth-order valence-electron chi connectivity index (χ4n) is 3.18. The lowest BCUT2D eigenvalue weighted by Gasteiger charge is -2.00. The molecule has 0 aliphatic rings. The van der Waals surface area contributed by atoms with Crippen LogP contribution in [0.3, 0.4) is 0 Å². The van der Waals surface area contributed by atoms with Crippen molar-refractivity contribution in [2.24, 2.45) is 7.05 Å². The summed E-state index contributed by atoms with van der Waals surface area (Å²) in [5.74, 6) is -0.0849. The molecule has 0 N–H and O–H groups in total. The number of aromatic nitrogens is 3. The minimum Gasteiger partial charge on any atom is -0.327 e. The van der Waals surface area contributed by atoms with Gasteiger partial charge in [-0.3, -0.25) is 4.79 Å². The molecular weight excluding hydrogens is 334 g/mol. The number of carbonyl (C=O) groups excluding carboxylic acids is 1. The van der Waals surface area contributed by atoms with Crippen LogP contribution in [0.4, 0.5) is 0 Å². The van der Waals surface area contributed by atoms with Crippen LogP contribution in [0, 0.1) is 6.92 Å². The van der Waals surface area contributed by atoms with E-state index < -0.39 is 0 Å².